The van der Waals surface area contributed by atoms with E-state index in [2.05, 4.69) is 20.4 Å². The van der Waals surface area contributed by atoms with Gasteiger partial charge in [-0.3, -0.25) is 10.1 Å². The molecule has 1 aromatic carbocycles. The molecule has 124 valence electrons. The summed E-state index contributed by atoms with van der Waals surface area (Å²) in [4.78, 5) is 31.0. The number of carbonyl (C=O) groups excluding carboxylic acids is 1. The van der Waals surface area contributed by atoms with Gasteiger partial charge in [0.15, 0.2) is 11.6 Å². The highest BCUT2D eigenvalue weighted by molar-refractivity contribution is 6.07. The number of hydrogen-bond donors (Lipinski definition) is 2. The van der Waals surface area contributed by atoms with Crippen molar-refractivity contribution < 1.29 is 14.7 Å². The summed E-state index contributed by atoms with van der Waals surface area (Å²) in [6.07, 6.45) is 4.81. The van der Waals surface area contributed by atoms with Gasteiger partial charge in [0.1, 0.15) is 12.7 Å². The van der Waals surface area contributed by atoms with E-state index in [1.54, 1.807) is 36.4 Å². The second-order valence-corrected chi connectivity index (χ2v) is 4.97. The van der Waals surface area contributed by atoms with Crippen molar-refractivity contribution >= 4 is 23.6 Å². The number of carbonyl (C=O) groups is 2. The van der Waals surface area contributed by atoms with Gasteiger partial charge in [0, 0.05) is 11.3 Å². The molecule has 2 heterocycles. The molecular weight excluding hydrogens is 322 g/mol. The van der Waals surface area contributed by atoms with Crippen molar-refractivity contribution in [1.82, 2.24) is 19.7 Å². The topological polar surface area (TPSA) is 110 Å². The van der Waals surface area contributed by atoms with Gasteiger partial charge >= 0.3 is 6.09 Å². The molecule has 0 fully saturated rings. The van der Waals surface area contributed by atoms with Crippen LogP contribution >= 0.6 is 0 Å². The Balaban J connectivity index is 1.72. The lowest BCUT2D eigenvalue weighted by Gasteiger charge is -2.02. The first-order valence-corrected chi connectivity index (χ1v) is 7.26. The Kier molecular flexibility index (Phi) is 4.61. The molecule has 3 rings (SSSR count). The van der Waals surface area contributed by atoms with E-state index in [0.29, 0.717) is 22.8 Å². The van der Waals surface area contributed by atoms with Crippen LogP contribution in [0.4, 0.5) is 10.5 Å². The van der Waals surface area contributed by atoms with Crippen molar-refractivity contribution in [1.29, 1.82) is 0 Å². The van der Waals surface area contributed by atoms with Crippen LogP contribution in [0.15, 0.2) is 61.2 Å². The number of carboxylic acid groups (broad SMARTS) is 1. The fourth-order valence-corrected chi connectivity index (χ4v) is 2.09. The molecule has 0 aliphatic heterocycles. The lowest BCUT2D eigenvalue weighted by Crippen LogP contribution is -2.07. The molecule has 0 saturated heterocycles. The summed E-state index contributed by atoms with van der Waals surface area (Å²) in [7, 11) is 0. The summed E-state index contributed by atoms with van der Waals surface area (Å²) < 4.78 is 1.52. The highest BCUT2D eigenvalue weighted by Crippen LogP contribution is 2.11. The Labute approximate surface area is 142 Å². The molecule has 0 aliphatic rings. The van der Waals surface area contributed by atoms with Gasteiger partial charge in [0.25, 0.3) is 0 Å². The van der Waals surface area contributed by atoms with E-state index < -0.39 is 6.09 Å². The maximum absolute atomic E-state index is 12.2. The average Bonchev–Trinajstić information content (AvgIpc) is 3.15. The van der Waals surface area contributed by atoms with Gasteiger partial charge in [-0.1, -0.05) is 6.07 Å². The van der Waals surface area contributed by atoms with Crippen molar-refractivity contribution in [2.24, 2.45) is 0 Å². The summed E-state index contributed by atoms with van der Waals surface area (Å²) in [5.41, 5.74) is 1.44. The lowest BCUT2D eigenvalue weighted by atomic mass is 10.1. The van der Waals surface area contributed by atoms with Crippen molar-refractivity contribution in [3.8, 4) is 5.82 Å². The molecule has 0 atom stereocenters. The number of benzene rings is 1. The summed E-state index contributed by atoms with van der Waals surface area (Å²) in [6.45, 7) is 0. The quantitative estimate of drug-likeness (QED) is 0.548. The van der Waals surface area contributed by atoms with E-state index in [1.807, 2.05) is 0 Å². The summed E-state index contributed by atoms with van der Waals surface area (Å²) in [5.74, 6) is 0.381. The number of nitrogens with one attached hydrogen (secondary N) is 1. The number of allylic oxidation sites excluding steroid dienone is 1. The Morgan fingerprint density at radius 1 is 1.12 bits per heavy atom. The molecule has 0 aliphatic carbocycles. The Hall–Kier alpha value is -3.81. The van der Waals surface area contributed by atoms with Gasteiger partial charge in [-0.2, -0.15) is 5.10 Å². The fourth-order valence-electron chi connectivity index (χ4n) is 2.09. The number of amides is 1. The van der Waals surface area contributed by atoms with Crippen LogP contribution in [0.2, 0.25) is 0 Å². The molecule has 0 saturated carbocycles. The van der Waals surface area contributed by atoms with Crippen molar-refractivity contribution in [3.63, 3.8) is 0 Å². The third-order valence-electron chi connectivity index (χ3n) is 3.24. The molecule has 8 nitrogen and oxygen atoms in total. The number of nitrogens with zero attached hydrogens (tertiary/aromatic N) is 4. The molecule has 1 amide bonds. The van der Waals surface area contributed by atoms with E-state index in [9.17, 15) is 9.59 Å². The van der Waals surface area contributed by atoms with Crippen LogP contribution in [-0.2, 0) is 0 Å². The van der Waals surface area contributed by atoms with Crippen LogP contribution in [0.1, 0.15) is 16.1 Å². The first-order chi connectivity index (χ1) is 12.1. The Bertz CT molecular complexity index is 918. The third-order valence-corrected chi connectivity index (χ3v) is 3.24. The fraction of sp³-hybridized carbons (Fsp3) is 0. The van der Waals surface area contributed by atoms with Crippen molar-refractivity contribution in [2.75, 3.05) is 5.32 Å². The maximum atomic E-state index is 12.2. The van der Waals surface area contributed by atoms with Gasteiger partial charge in [0.2, 0.25) is 0 Å². The van der Waals surface area contributed by atoms with Gasteiger partial charge < -0.3 is 5.11 Å². The maximum Gasteiger partial charge on any atom is 0.409 e. The normalized spacial score (nSPS) is 10.7. The minimum Gasteiger partial charge on any atom is -0.465 e. The summed E-state index contributed by atoms with van der Waals surface area (Å²) >= 11 is 0. The van der Waals surface area contributed by atoms with Crippen LogP contribution in [0.5, 0.6) is 0 Å². The lowest BCUT2D eigenvalue weighted by molar-refractivity contribution is 0.104. The van der Waals surface area contributed by atoms with Crippen LogP contribution in [0.25, 0.3) is 11.9 Å². The number of pyridine rings is 1. The second-order valence-electron chi connectivity index (χ2n) is 4.97. The number of aromatic nitrogens is 4. The highest BCUT2D eigenvalue weighted by Gasteiger charge is 2.04. The largest absolute Gasteiger partial charge is 0.465 e. The molecule has 2 aromatic heterocycles. The Morgan fingerprint density at radius 3 is 2.60 bits per heavy atom. The smallest absolute Gasteiger partial charge is 0.409 e. The van der Waals surface area contributed by atoms with E-state index in [0.717, 1.165) is 0 Å². The summed E-state index contributed by atoms with van der Waals surface area (Å²) in [6, 6.07) is 11.5. The zero-order chi connectivity index (χ0) is 17.6. The first-order valence-electron chi connectivity index (χ1n) is 7.26. The molecule has 0 bridgehead atoms. The molecule has 3 aromatic rings. The van der Waals surface area contributed by atoms with Gasteiger partial charge in [-0.25, -0.2) is 19.4 Å². The van der Waals surface area contributed by atoms with Crippen LogP contribution in [0, 0.1) is 0 Å². The van der Waals surface area contributed by atoms with E-state index >= 15 is 0 Å². The SMILES string of the molecule is O=C(O)Nc1ccc(C(=O)C=Cc2cccc(-n3cncn3)n2)cc1. The predicted octanol–water partition coefficient (Wildman–Crippen LogP) is 2.65. The number of anilines is 1. The minimum atomic E-state index is -1.16. The monoisotopic (exact) mass is 335 g/mol. The standard InChI is InChI=1S/C17H13N5O3/c23-15(12-4-6-14(7-5-12)21-17(24)25)9-8-13-2-1-3-16(20-13)22-11-18-10-19-22/h1-11,21H,(H,24,25). The summed E-state index contributed by atoms with van der Waals surface area (Å²) in [5, 5.41) is 14.9. The van der Waals surface area contributed by atoms with Crippen LogP contribution in [-0.4, -0.2) is 36.7 Å². The van der Waals surface area contributed by atoms with Crippen molar-refractivity contribution in [2.45, 2.75) is 0 Å². The van der Waals surface area contributed by atoms with Crippen LogP contribution in [0.3, 0.4) is 0 Å². The molecule has 0 spiro atoms. The minimum absolute atomic E-state index is 0.213. The zero-order valence-electron chi connectivity index (χ0n) is 12.9. The molecule has 8 heteroatoms. The average molecular weight is 335 g/mol. The van der Waals surface area contributed by atoms with Gasteiger partial charge in [-0.05, 0) is 48.6 Å². The first kappa shape index (κ1) is 16.1. The van der Waals surface area contributed by atoms with Crippen molar-refractivity contribution in [3.05, 3.63) is 72.5 Å². The zero-order valence-corrected chi connectivity index (χ0v) is 12.9. The van der Waals surface area contributed by atoms with Gasteiger partial charge in [-0.15, -0.1) is 0 Å². The number of hydrogen-bond acceptors (Lipinski definition) is 5. The van der Waals surface area contributed by atoms with E-state index in [1.165, 1.54) is 35.5 Å². The molecule has 0 unspecified atom stereocenters. The third kappa shape index (κ3) is 4.14. The van der Waals surface area contributed by atoms with Gasteiger partial charge in [0.05, 0.1) is 5.69 Å². The molecule has 2 N–H and O–H groups in total. The van der Waals surface area contributed by atoms with E-state index in [4.69, 9.17) is 5.11 Å². The molecule has 25 heavy (non-hydrogen) atoms. The number of rotatable bonds is 5. The Morgan fingerprint density at radius 2 is 1.92 bits per heavy atom. The predicted molar refractivity (Wildman–Crippen MR) is 90.6 cm³/mol. The number of ketones is 1. The highest BCUT2D eigenvalue weighted by atomic mass is 16.4. The van der Waals surface area contributed by atoms with E-state index in [-0.39, 0.29) is 5.78 Å². The molecular formula is C17H13N5O3. The second kappa shape index (κ2) is 7.18. The molecule has 0 radical (unpaired) electrons. The van der Waals surface area contributed by atoms with Crippen LogP contribution < -0.4 is 5.32 Å².